The largest absolute Gasteiger partial charge is 0.495 e. The fraction of sp³-hybridized carbons (Fsp3) is 0.457. The summed E-state index contributed by atoms with van der Waals surface area (Å²) in [4.78, 5) is 16.0. The van der Waals surface area contributed by atoms with Crippen LogP contribution in [0.2, 0.25) is 0 Å². The summed E-state index contributed by atoms with van der Waals surface area (Å²) in [5, 5.41) is 3.63. The van der Waals surface area contributed by atoms with E-state index >= 15 is 0 Å². The van der Waals surface area contributed by atoms with Crippen LogP contribution in [-0.2, 0) is 0 Å². The highest BCUT2D eigenvalue weighted by Crippen LogP contribution is 2.51. The zero-order valence-corrected chi connectivity index (χ0v) is 25.2. The van der Waals surface area contributed by atoms with Gasteiger partial charge in [0.05, 0.1) is 36.3 Å². The van der Waals surface area contributed by atoms with Gasteiger partial charge in [-0.2, -0.15) is 0 Å². The maximum Gasteiger partial charge on any atom is 0.260 e. The second-order valence-corrected chi connectivity index (χ2v) is 11.1. The number of nitrogens with zero attached hydrogens (tertiary/aromatic N) is 1. The molecule has 40 heavy (non-hydrogen) atoms. The minimum Gasteiger partial charge on any atom is -0.495 e. The molecule has 2 aliphatic rings. The summed E-state index contributed by atoms with van der Waals surface area (Å²) in [6, 6.07) is 9.82. The number of methoxy groups -OCH3 is 1. The summed E-state index contributed by atoms with van der Waals surface area (Å²) >= 11 is 0. The van der Waals surface area contributed by atoms with E-state index in [9.17, 15) is 4.79 Å². The summed E-state index contributed by atoms with van der Waals surface area (Å²) in [7, 11) is 1.65. The van der Waals surface area contributed by atoms with Gasteiger partial charge >= 0.3 is 0 Å². The minimum atomic E-state index is -0.0363. The van der Waals surface area contributed by atoms with Crippen LogP contribution in [0, 0.1) is 0 Å². The Balaban J connectivity index is 1.59. The summed E-state index contributed by atoms with van der Waals surface area (Å²) in [6.45, 7) is 11.9. The van der Waals surface area contributed by atoms with E-state index in [0.717, 1.165) is 67.8 Å². The molecular formula is C35H46N2O3. The van der Waals surface area contributed by atoms with Crippen LogP contribution in [0.4, 0.5) is 17.1 Å². The number of rotatable bonds is 13. The molecule has 1 N–H and O–H groups in total. The van der Waals surface area contributed by atoms with Crippen LogP contribution in [0.3, 0.4) is 0 Å². The van der Waals surface area contributed by atoms with E-state index in [0.29, 0.717) is 30.4 Å². The first kappa shape index (κ1) is 29.5. The van der Waals surface area contributed by atoms with Gasteiger partial charge in [-0.3, -0.25) is 4.79 Å². The molecule has 1 amide bonds. The van der Waals surface area contributed by atoms with Crippen LogP contribution in [0.5, 0.6) is 11.5 Å². The molecule has 0 saturated heterocycles. The van der Waals surface area contributed by atoms with E-state index in [4.69, 9.17) is 9.47 Å². The lowest BCUT2D eigenvalue weighted by molar-refractivity contribution is 0.0991. The van der Waals surface area contributed by atoms with E-state index in [2.05, 4.69) is 57.3 Å². The quantitative estimate of drug-likeness (QED) is 0.256. The average Bonchev–Trinajstić information content (AvgIpc) is 3.80. The number of carbonyl (C=O) groups is 1. The number of hydrogen-bond acceptors (Lipinski definition) is 4. The van der Waals surface area contributed by atoms with Gasteiger partial charge in [-0.25, -0.2) is 0 Å². The van der Waals surface area contributed by atoms with Crippen LogP contribution in [0.15, 0.2) is 65.3 Å². The third-order valence-corrected chi connectivity index (χ3v) is 7.96. The van der Waals surface area contributed by atoms with E-state index in [-0.39, 0.29) is 5.91 Å². The van der Waals surface area contributed by atoms with Crippen LogP contribution < -0.4 is 19.7 Å². The third kappa shape index (κ3) is 7.18. The first-order chi connectivity index (χ1) is 19.4. The van der Waals surface area contributed by atoms with Crippen molar-refractivity contribution in [1.82, 2.24) is 0 Å². The zero-order valence-electron chi connectivity index (χ0n) is 25.2. The van der Waals surface area contributed by atoms with Crippen molar-refractivity contribution >= 4 is 23.0 Å². The molecule has 0 unspecified atom stereocenters. The van der Waals surface area contributed by atoms with Crippen molar-refractivity contribution in [2.75, 3.05) is 30.5 Å². The highest BCUT2D eigenvalue weighted by molar-refractivity contribution is 6.15. The normalized spacial score (nSPS) is 15.8. The van der Waals surface area contributed by atoms with Gasteiger partial charge in [0.25, 0.3) is 5.91 Å². The van der Waals surface area contributed by atoms with Gasteiger partial charge in [0.1, 0.15) is 11.5 Å². The van der Waals surface area contributed by atoms with Gasteiger partial charge in [-0.05, 0) is 102 Å². The second-order valence-electron chi connectivity index (χ2n) is 11.1. The molecule has 5 heteroatoms. The lowest BCUT2D eigenvalue weighted by atomic mass is 10.0. The van der Waals surface area contributed by atoms with Crippen LogP contribution in [0.25, 0.3) is 0 Å². The smallest absolute Gasteiger partial charge is 0.260 e. The predicted molar refractivity (Wildman–Crippen MR) is 168 cm³/mol. The SMILES string of the molecule is CCOc1cc(C2CC2)c2c(c1)N(C/C=C(\C)CC/C=C(\C)CC/C=C(/C)CC)C(=O)c1cccc(OC)c1N2. The first-order valence-electron chi connectivity index (χ1n) is 14.9. The molecule has 1 saturated carbocycles. The Hall–Kier alpha value is -3.47. The number of anilines is 3. The van der Waals surface area contributed by atoms with Crippen LogP contribution >= 0.6 is 0 Å². The molecule has 0 spiro atoms. The van der Waals surface area contributed by atoms with E-state index in [1.807, 2.05) is 36.1 Å². The van der Waals surface area contributed by atoms with Gasteiger partial charge in [0.2, 0.25) is 0 Å². The number of para-hydroxylation sites is 1. The Kier molecular flexibility index (Phi) is 10.1. The number of ether oxygens (including phenoxy) is 2. The molecule has 2 aromatic carbocycles. The summed E-state index contributed by atoms with van der Waals surface area (Å²) < 4.78 is 11.6. The Morgan fingerprint density at radius 3 is 2.33 bits per heavy atom. The molecule has 1 fully saturated rings. The first-order valence-corrected chi connectivity index (χ1v) is 14.9. The highest BCUT2D eigenvalue weighted by atomic mass is 16.5. The molecule has 0 aromatic heterocycles. The van der Waals surface area contributed by atoms with E-state index in [1.54, 1.807) is 7.11 Å². The molecule has 5 nitrogen and oxygen atoms in total. The molecule has 4 rings (SSSR count). The number of hydrogen-bond donors (Lipinski definition) is 1. The number of amides is 1. The number of carbonyl (C=O) groups excluding carboxylic acids is 1. The Morgan fingerprint density at radius 2 is 1.68 bits per heavy atom. The molecule has 1 aliphatic carbocycles. The van der Waals surface area contributed by atoms with Crippen molar-refractivity contribution in [1.29, 1.82) is 0 Å². The van der Waals surface area contributed by atoms with Gasteiger partial charge < -0.3 is 19.7 Å². The van der Waals surface area contributed by atoms with Crippen molar-refractivity contribution in [3.63, 3.8) is 0 Å². The molecule has 214 valence electrons. The van der Waals surface area contributed by atoms with Crippen molar-refractivity contribution in [2.24, 2.45) is 0 Å². The van der Waals surface area contributed by atoms with Gasteiger partial charge in [-0.15, -0.1) is 0 Å². The molecule has 0 bridgehead atoms. The molecule has 1 aliphatic heterocycles. The van der Waals surface area contributed by atoms with E-state index in [1.165, 1.54) is 22.3 Å². The maximum absolute atomic E-state index is 14.1. The van der Waals surface area contributed by atoms with Gasteiger partial charge in [-0.1, -0.05) is 47.9 Å². The highest BCUT2D eigenvalue weighted by Gasteiger charge is 2.34. The molecular weight excluding hydrogens is 496 g/mol. The number of allylic oxidation sites excluding steroid dienone is 5. The van der Waals surface area contributed by atoms with Crippen molar-refractivity contribution in [2.45, 2.75) is 85.5 Å². The fourth-order valence-electron chi connectivity index (χ4n) is 5.19. The Morgan fingerprint density at radius 1 is 0.975 bits per heavy atom. The van der Waals surface area contributed by atoms with Crippen molar-refractivity contribution in [3.05, 3.63) is 76.4 Å². The minimum absolute atomic E-state index is 0.0363. The molecule has 1 heterocycles. The monoisotopic (exact) mass is 542 g/mol. The fourth-order valence-corrected chi connectivity index (χ4v) is 5.19. The predicted octanol–water partition coefficient (Wildman–Crippen LogP) is 9.48. The second kappa shape index (κ2) is 13.7. The Bertz CT molecular complexity index is 1300. The van der Waals surface area contributed by atoms with Gasteiger partial charge in [0.15, 0.2) is 0 Å². The average molecular weight is 543 g/mol. The van der Waals surface area contributed by atoms with Crippen LogP contribution in [-0.4, -0.2) is 26.2 Å². The molecule has 0 atom stereocenters. The molecule has 2 aromatic rings. The summed E-state index contributed by atoms with van der Waals surface area (Å²) in [5.74, 6) is 1.92. The lowest BCUT2D eigenvalue weighted by Crippen LogP contribution is -2.30. The third-order valence-electron chi connectivity index (χ3n) is 7.96. The molecule has 0 radical (unpaired) electrons. The maximum atomic E-state index is 14.1. The Labute approximate surface area is 241 Å². The standard InChI is InChI=1S/C35H46N2O3/c1-7-24(3)12-9-13-25(4)14-10-15-26(5)20-21-37-31-23-28(40-8-2)22-30(27-18-19-27)33(31)36-34-29(35(37)38)16-11-17-32(34)39-6/h11-12,14,16-17,20,22-23,27,36H,7-10,13,15,18-19,21H2,1-6H3/b24-12-,25-14+,26-20+. The lowest BCUT2D eigenvalue weighted by Gasteiger charge is -2.24. The summed E-state index contributed by atoms with van der Waals surface area (Å²) in [6.07, 6.45) is 14.6. The number of benzene rings is 2. The number of nitrogens with one attached hydrogen (secondary N) is 1. The van der Waals surface area contributed by atoms with E-state index < -0.39 is 0 Å². The van der Waals surface area contributed by atoms with Crippen molar-refractivity contribution in [3.8, 4) is 11.5 Å². The zero-order chi connectivity index (χ0) is 28.6. The summed E-state index contributed by atoms with van der Waals surface area (Å²) in [5.41, 5.74) is 8.60. The van der Waals surface area contributed by atoms with Gasteiger partial charge in [0, 0.05) is 12.6 Å². The van der Waals surface area contributed by atoms with Crippen molar-refractivity contribution < 1.29 is 14.3 Å². The topological polar surface area (TPSA) is 50.8 Å². The number of fused-ring (bicyclic) bond motifs is 2. The van der Waals surface area contributed by atoms with Crippen LogP contribution in [0.1, 0.15) is 101 Å².